The van der Waals surface area contributed by atoms with E-state index in [1.807, 2.05) is 0 Å². The fourth-order valence-electron chi connectivity index (χ4n) is 0.908. The molecule has 0 unspecified atom stereocenters. The zero-order valence-corrected chi connectivity index (χ0v) is 8.80. The number of hydrogen-bond acceptors (Lipinski definition) is 4. The summed E-state index contributed by atoms with van der Waals surface area (Å²) in [7, 11) is 4.91. The van der Waals surface area contributed by atoms with Crippen molar-refractivity contribution in [2.24, 2.45) is 0 Å². The average molecular weight is 221 g/mol. The van der Waals surface area contributed by atoms with Crippen LogP contribution < -0.4 is 4.90 Å². The summed E-state index contributed by atoms with van der Waals surface area (Å²) in [5.74, 6) is 0.345. The summed E-state index contributed by atoms with van der Waals surface area (Å²) >= 11 is 0. The Kier molecular flexibility index (Phi) is 2.77. The van der Waals surface area contributed by atoms with Crippen LogP contribution in [-0.2, 0) is 9.05 Å². The number of pyridine rings is 1. The summed E-state index contributed by atoms with van der Waals surface area (Å²) in [4.78, 5) is 5.53. The Balaban J connectivity index is 3.37. The van der Waals surface area contributed by atoms with E-state index in [2.05, 4.69) is 4.98 Å². The maximum Gasteiger partial charge on any atom is 0.264 e. The van der Waals surface area contributed by atoms with Gasteiger partial charge in [-0.25, -0.2) is 13.4 Å². The Morgan fingerprint density at radius 1 is 1.46 bits per heavy atom. The molecule has 0 N–H and O–H groups in total. The molecule has 6 heteroatoms. The highest BCUT2D eigenvalue weighted by molar-refractivity contribution is 8.13. The van der Waals surface area contributed by atoms with Crippen molar-refractivity contribution in [2.75, 3.05) is 19.0 Å². The van der Waals surface area contributed by atoms with E-state index < -0.39 is 9.05 Å². The molecule has 0 saturated heterocycles. The maximum absolute atomic E-state index is 11.1. The predicted octanol–water partition coefficient (Wildman–Crippen LogP) is 1.08. The third-order valence-corrected chi connectivity index (χ3v) is 2.78. The van der Waals surface area contributed by atoms with Gasteiger partial charge in [-0.3, -0.25) is 0 Å². The van der Waals surface area contributed by atoms with E-state index in [1.54, 1.807) is 19.0 Å². The second-order valence-corrected chi connectivity index (χ2v) is 5.19. The zero-order chi connectivity index (χ0) is 10.1. The van der Waals surface area contributed by atoms with Crippen LogP contribution >= 0.6 is 10.7 Å². The first kappa shape index (κ1) is 10.3. The summed E-state index contributed by atoms with van der Waals surface area (Å²) in [6.45, 7) is 0. The minimum Gasteiger partial charge on any atom is -0.362 e. The average Bonchev–Trinajstić information content (AvgIpc) is 2.03. The molecule has 1 aromatic rings. The van der Waals surface area contributed by atoms with E-state index in [0.717, 1.165) is 0 Å². The minimum absolute atomic E-state index is 0.0293. The third kappa shape index (κ3) is 2.32. The Bertz CT molecular complexity index is 403. The van der Waals surface area contributed by atoms with Crippen molar-refractivity contribution >= 4 is 25.6 Å². The quantitative estimate of drug-likeness (QED) is 0.700. The molecule has 1 heterocycles. The summed E-state index contributed by atoms with van der Waals surface area (Å²) < 4.78 is 22.1. The normalized spacial score (nSPS) is 11.3. The Hall–Kier alpha value is -0.810. The molecule has 4 nitrogen and oxygen atoms in total. The summed E-state index contributed by atoms with van der Waals surface area (Å²) in [5, 5.41) is 0. The van der Waals surface area contributed by atoms with Gasteiger partial charge in [0.2, 0.25) is 0 Å². The number of hydrogen-bond donors (Lipinski definition) is 0. The van der Waals surface area contributed by atoms with Crippen molar-refractivity contribution < 1.29 is 8.42 Å². The number of nitrogens with zero attached hydrogens (tertiary/aromatic N) is 2. The lowest BCUT2D eigenvalue weighted by Crippen LogP contribution is -2.13. The van der Waals surface area contributed by atoms with Gasteiger partial charge >= 0.3 is 0 Å². The lowest BCUT2D eigenvalue weighted by atomic mass is 10.4. The number of aromatic nitrogens is 1. The second kappa shape index (κ2) is 3.51. The molecule has 0 aliphatic rings. The van der Waals surface area contributed by atoms with E-state index in [1.165, 1.54) is 18.3 Å². The number of rotatable bonds is 2. The highest BCUT2D eigenvalue weighted by Crippen LogP contribution is 2.23. The molecule has 0 bridgehead atoms. The topological polar surface area (TPSA) is 50.3 Å². The Morgan fingerprint density at radius 2 is 2.08 bits per heavy atom. The summed E-state index contributed by atoms with van der Waals surface area (Å²) in [6.07, 6.45) is 1.51. The van der Waals surface area contributed by atoms with Crippen LogP contribution in [0.2, 0.25) is 0 Å². The van der Waals surface area contributed by atoms with Crippen molar-refractivity contribution in [3.8, 4) is 0 Å². The SMILES string of the molecule is CN(C)c1ncccc1S(=O)(=O)Cl. The molecule has 13 heavy (non-hydrogen) atoms. The molecule has 72 valence electrons. The molecule has 0 radical (unpaired) electrons. The summed E-state index contributed by atoms with van der Waals surface area (Å²) in [5.41, 5.74) is 0. The predicted molar refractivity (Wildman–Crippen MR) is 51.6 cm³/mol. The van der Waals surface area contributed by atoms with Gasteiger partial charge in [-0.15, -0.1) is 0 Å². The van der Waals surface area contributed by atoms with Crippen LogP contribution in [-0.4, -0.2) is 27.5 Å². The smallest absolute Gasteiger partial charge is 0.264 e. The fourth-order valence-corrected chi connectivity index (χ4v) is 1.96. The third-order valence-electron chi connectivity index (χ3n) is 1.44. The molecule has 0 amide bonds. The molecule has 0 fully saturated rings. The number of anilines is 1. The van der Waals surface area contributed by atoms with Crippen LogP contribution in [0.5, 0.6) is 0 Å². The molecule has 0 atom stereocenters. The van der Waals surface area contributed by atoms with Gasteiger partial charge < -0.3 is 4.90 Å². The second-order valence-electron chi connectivity index (χ2n) is 2.66. The molecule has 0 spiro atoms. The minimum atomic E-state index is -3.71. The van der Waals surface area contributed by atoms with Crippen LogP contribution in [0.1, 0.15) is 0 Å². The molecule has 1 aromatic heterocycles. The van der Waals surface area contributed by atoms with Gasteiger partial charge in [0.15, 0.2) is 0 Å². The molecular formula is C7H9ClN2O2S. The van der Waals surface area contributed by atoms with Crippen molar-refractivity contribution in [1.82, 2.24) is 4.98 Å². The lowest BCUT2D eigenvalue weighted by molar-refractivity contribution is 0.609. The van der Waals surface area contributed by atoms with Crippen LogP contribution in [0.25, 0.3) is 0 Å². The maximum atomic E-state index is 11.1. The van der Waals surface area contributed by atoms with Gasteiger partial charge in [-0.05, 0) is 12.1 Å². The van der Waals surface area contributed by atoms with E-state index in [9.17, 15) is 8.42 Å². The first-order valence-corrected chi connectivity index (χ1v) is 5.81. The molecule has 0 aliphatic heterocycles. The molecule has 0 aromatic carbocycles. The first-order valence-electron chi connectivity index (χ1n) is 3.50. The van der Waals surface area contributed by atoms with Crippen LogP contribution in [0.15, 0.2) is 23.2 Å². The Morgan fingerprint density at radius 3 is 2.46 bits per heavy atom. The van der Waals surface area contributed by atoms with E-state index in [0.29, 0.717) is 5.82 Å². The largest absolute Gasteiger partial charge is 0.362 e. The highest BCUT2D eigenvalue weighted by Gasteiger charge is 2.16. The fraction of sp³-hybridized carbons (Fsp3) is 0.286. The van der Waals surface area contributed by atoms with E-state index in [-0.39, 0.29) is 4.90 Å². The van der Waals surface area contributed by atoms with Crippen molar-refractivity contribution in [2.45, 2.75) is 4.90 Å². The van der Waals surface area contributed by atoms with E-state index >= 15 is 0 Å². The summed E-state index contributed by atoms with van der Waals surface area (Å²) in [6, 6.07) is 2.95. The van der Waals surface area contributed by atoms with Crippen LogP contribution in [0, 0.1) is 0 Å². The van der Waals surface area contributed by atoms with E-state index in [4.69, 9.17) is 10.7 Å². The van der Waals surface area contributed by atoms with Gasteiger partial charge in [0.05, 0.1) is 0 Å². The van der Waals surface area contributed by atoms with Gasteiger partial charge in [-0.2, -0.15) is 0 Å². The van der Waals surface area contributed by atoms with Gasteiger partial charge in [0.25, 0.3) is 9.05 Å². The van der Waals surface area contributed by atoms with Crippen molar-refractivity contribution in [3.63, 3.8) is 0 Å². The molecule has 1 rings (SSSR count). The molecule has 0 saturated carbocycles. The molecular weight excluding hydrogens is 212 g/mol. The number of halogens is 1. The van der Waals surface area contributed by atoms with Gasteiger partial charge in [0, 0.05) is 31.0 Å². The Labute approximate surface area is 81.6 Å². The van der Waals surface area contributed by atoms with Crippen molar-refractivity contribution in [3.05, 3.63) is 18.3 Å². The highest BCUT2D eigenvalue weighted by atomic mass is 35.7. The zero-order valence-electron chi connectivity index (χ0n) is 7.23. The monoisotopic (exact) mass is 220 g/mol. The van der Waals surface area contributed by atoms with Crippen LogP contribution in [0.3, 0.4) is 0 Å². The first-order chi connectivity index (χ1) is 5.93. The van der Waals surface area contributed by atoms with Gasteiger partial charge in [0.1, 0.15) is 10.7 Å². The van der Waals surface area contributed by atoms with Gasteiger partial charge in [-0.1, -0.05) is 0 Å². The van der Waals surface area contributed by atoms with Crippen molar-refractivity contribution in [1.29, 1.82) is 0 Å². The standard InChI is InChI=1S/C7H9ClN2O2S/c1-10(2)7-6(13(8,11)12)4-3-5-9-7/h3-5H,1-2H3. The lowest BCUT2D eigenvalue weighted by Gasteiger charge is -2.13. The molecule has 0 aliphatic carbocycles. The van der Waals surface area contributed by atoms with Crippen LogP contribution in [0.4, 0.5) is 5.82 Å².